The molecule has 0 radical (unpaired) electrons. The molecule has 3 heteroatoms. The summed E-state index contributed by atoms with van der Waals surface area (Å²) in [5.41, 5.74) is 2.66. The Hall–Kier alpha value is -1.32. The van der Waals surface area contributed by atoms with Gasteiger partial charge in [-0.2, -0.15) is 0 Å². The third-order valence-corrected chi connectivity index (χ3v) is 5.33. The van der Waals surface area contributed by atoms with Gasteiger partial charge < -0.3 is 9.67 Å². The van der Waals surface area contributed by atoms with Crippen molar-refractivity contribution in [3.05, 3.63) is 36.0 Å². The van der Waals surface area contributed by atoms with Gasteiger partial charge in [0.05, 0.1) is 6.10 Å². The summed E-state index contributed by atoms with van der Waals surface area (Å²) in [6, 6.07) is 8.88. The van der Waals surface area contributed by atoms with Crippen molar-refractivity contribution in [2.75, 3.05) is 13.1 Å². The molecular weight excluding hydrogens is 248 g/mol. The van der Waals surface area contributed by atoms with Gasteiger partial charge in [0.2, 0.25) is 0 Å². The molecule has 20 heavy (non-hydrogen) atoms. The van der Waals surface area contributed by atoms with Gasteiger partial charge >= 0.3 is 0 Å². The molecule has 3 aliphatic heterocycles. The van der Waals surface area contributed by atoms with Gasteiger partial charge in [0.25, 0.3) is 0 Å². The lowest BCUT2D eigenvalue weighted by molar-refractivity contribution is -0.0714. The van der Waals surface area contributed by atoms with Gasteiger partial charge in [-0.3, -0.25) is 4.90 Å². The number of aromatic nitrogens is 1. The Bertz CT molecular complexity index is 623. The normalized spacial score (nSPS) is 32.9. The molecule has 1 aromatic heterocycles. The van der Waals surface area contributed by atoms with E-state index in [2.05, 4.69) is 47.0 Å². The summed E-state index contributed by atoms with van der Waals surface area (Å²) in [5.74, 6) is 0.528. The fourth-order valence-corrected chi connectivity index (χ4v) is 4.19. The predicted octanol–water partition coefficient (Wildman–Crippen LogP) is 2.18. The van der Waals surface area contributed by atoms with Crippen LogP contribution in [-0.2, 0) is 13.5 Å². The van der Waals surface area contributed by atoms with Crippen LogP contribution >= 0.6 is 0 Å². The fourth-order valence-electron chi connectivity index (χ4n) is 4.19. The lowest BCUT2D eigenvalue weighted by Crippen LogP contribution is -2.58. The molecule has 0 saturated carbocycles. The quantitative estimate of drug-likeness (QED) is 0.906. The maximum atomic E-state index is 10.6. The first kappa shape index (κ1) is 12.4. The van der Waals surface area contributed by atoms with E-state index in [1.165, 1.54) is 29.3 Å². The molecule has 0 amide bonds. The van der Waals surface area contributed by atoms with E-state index in [-0.39, 0.29) is 6.10 Å². The number of aryl methyl sites for hydroxylation is 1. The first-order valence-electron chi connectivity index (χ1n) is 7.69. The number of nitrogens with zero attached hydrogens (tertiary/aromatic N) is 2. The van der Waals surface area contributed by atoms with Gasteiger partial charge in [-0.15, -0.1) is 0 Å². The van der Waals surface area contributed by atoms with Crippen LogP contribution in [0.15, 0.2) is 30.5 Å². The molecular formula is C17H22N2O. The number of aliphatic hydroxyl groups excluding tert-OH is 1. The standard InChI is InChI=1S/C17H22N2O/c1-18-11-13(14-4-2-3-5-15(14)18)10-16-17(20)12-6-8-19(16)9-7-12/h2-5,11-12,16-17,20H,6-10H2,1H3. The molecule has 3 saturated heterocycles. The lowest BCUT2D eigenvalue weighted by Gasteiger charge is -2.49. The summed E-state index contributed by atoms with van der Waals surface area (Å²) < 4.78 is 2.20. The first-order valence-corrected chi connectivity index (χ1v) is 7.69. The highest BCUT2D eigenvalue weighted by Crippen LogP contribution is 2.35. The maximum absolute atomic E-state index is 10.6. The summed E-state index contributed by atoms with van der Waals surface area (Å²) in [4.78, 5) is 2.49. The molecule has 106 valence electrons. The van der Waals surface area contributed by atoms with Crippen molar-refractivity contribution in [1.82, 2.24) is 9.47 Å². The number of aliphatic hydroxyl groups is 1. The van der Waals surface area contributed by atoms with Crippen molar-refractivity contribution in [2.45, 2.75) is 31.4 Å². The predicted molar refractivity (Wildman–Crippen MR) is 80.7 cm³/mol. The molecule has 2 aromatic rings. The van der Waals surface area contributed by atoms with Crippen molar-refractivity contribution in [1.29, 1.82) is 0 Å². The van der Waals surface area contributed by atoms with E-state index in [1.807, 2.05) is 0 Å². The zero-order chi connectivity index (χ0) is 13.7. The third kappa shape index (κ3) is 1.80. The molecule has 2 unspecified atom stereocenters. The minimum atomic E-state index is -0.142. The van der Waals surface area contributed by atoms with Crippen LogP contribution in [0.25, 0.3) is 10.9 Å². The molecule has 3 fully saturated rings. The van der Waals surface area contributed by atoms with Gasteiger partial charge in [-0.25, -0.2) is 0 Å². The number of benzene rings is 1. The average molecular weight is 270 g/mol. The SMILES string of the molecule is Cn1cc(CC2C(O)C3CCN2CC3)c2ccccc21. The van der Waals surface area contributed by atoms with Crippen LogP contribution in [0.3, 0.4) is 0 Å². The second kappa shape index (κ2) is 4.61. The molecule has 2 bridgehead atoms. The Morgan fingerprint density at radius 2 is 1.95 bits per heavy atom. The highest BCUT2D eigenvalue weighted by molar-refractivity contribution is 5.83. The average Bonchev–Trinajstić information content (AvgIpc) is 2.80. The van der Waals surface area contributed by atoms with Gasteiger partial charge in [-0.05, 0) is 49.9 Å². The van der Waals surface area contributed by atoms with Crippen molar-refractivity contribution in [3.63, 3.8) is 0 Å². The highest BCUT2D eigenvalue weighted by Gasteiger charge is 2.41. The van der Waals surface area contributed by atoms with E-state index in [1.54, 1.807) is 0 Å². The molecule has 1 aromatic carbocycles. The monoisotopic (exact) mass is 270 g/mol. The summed E-state index contributed by atoms with van der Waals surface area (Å²) in [7, 11) is 2.11. The third-order valence-electron chi connectivity index (χ3n) is 5.33. The van der Waals surface area contributed by atoms with Crippen LogP contribution in [-0.4, -0.2) is 39.8 Å². The van der Waals surface area contributed by atoms with E-state index in [0.717, 1.165) is 19.5 Å². The molecule has 1 N–H and O–H groups in total. The number of rotatable bonds is 2. The largest absolute Gasteiger partial charge is 0.391 e. The molecule has 0 aliphatic carbocycles. The minimum absolute atomic E-state index is 0.142. The smallest absolute Gasteiger partial charge is 0.0727 e. The molecule has 0 spiro atoms. The Labute approximate surface area is 119 Å². The van der Waals surface area contributed by atoms with E-state index in [0.29, 0.717) is 12.0 Å². The summed E-state index contributed by atoms with van der Waals surface area (Å²) in [6.45, 7) is 2.33. The van der Waals surface area contributed by atoms with Crippen molar-refractivity contribution in [2.24, 2.45) is 13.0 Å². The number of piperidine rings is 3. The zero-order valence-corrected chi connectivity index (χ0v) is 12.0. The number of fused-ring (bicyclic) bond motifs is 4. The number of hydrogen-bond acceptors (Lipinski definition) is 2. The molecule has 3 aliphatic rings. The van der Waals surface area contributed by atoms with Gasteiger partial charge in [0, 0.05) is 30.2 Å². The van der Waals surface area contributed by atoms with Gasteiger partial charge in [0.15, 0.2) is 0 Å². The van der Waals surface area contributed by atoms with Crippen LogP contribution in [0.5, 0.6) is 0 Å². The van der Waals surface area contributed by atoms with E-state index < -0.39 is 0 Å². The topological polar surface area (TPSA) is 28.4 Å². The summed E-state index contributed by atoms with van der Waals surface area (Å²) >= 11 is 0. The fraction of sp³-hybridized carbons (Fsp3) is 0.529. The Morgan fingerprint density at radius 3 is 2.70 bits per heavy atom. The van der Waals surface area contributed by atoms with E-state index in [4.69, 9.17) is 0 Å². The highest BCUT2D eigenvalue weighted by atomic mass is 16.3. The van der Waals surface area contributed by atoms with Gasteiger partial charge in [0.1, 0.15) is 0 Å². The number of para-hydroxylation sites is 1. The lowest BCUT2D eigenvalue weighted by atomic mass is 9.78. The van der Waals surface area contributed by atoms with Crippen molar-refractivity contribution < 1.29 is 5.11 Å². The maximum Gasteiger partial charge on any atom is 0.0727 e. The molecule has 3 nitrogen and oxygen atoms in total. The summed E-state index contributed by atoms with van der Waals surface area (Å²) in [6.07, 6.45) is 5.41. The van der Waals surface area contributed by atoms with Crippen molar-refractivity contribution >= 4 is 10.9 Å². The Kier molecular flexibility index (Phi) is 2.86. The van der Waals surface area contributed by atoms with Crippen molar-refractivity contribution in [3.8, 4) is 0 Å². The molecule has 4 heterocycles. The first-order chi connectivity index (χ1) is 9.74. The minimum Gasteiger partial charge on any atom is -0.391 e. The second-order valence-corrected chi connectivity index (χ2v) is 6.42. The molecule has 5 rings (SSSR count). The Balaban J connectivity index is 1.68. The van der Waals surface area contributed by atoms with Crippen LogP contribution in [0.1, 0.15) is 18.4 Å². The van der Waals surface area contributed by atoms with Crippen LogP contribution < -0.4 is 0 Å². The van der Waals surface area contributed by atoms with E-state index in [9.17, 15) is 5.11 Å². The summed E-state index contributed by atoms with van der Waals surface area (Å²) in [5, 5.41) is 11.9. The van der Waals surface area contributed by atoms with Crippen LogP contribution in [0.2, 0.25) is 0 Å². The van der Waals surface area contributed by atoms with Crippen LogP contribution in [0, 0.1) is 5.92 Å². The zero-order valence-electron chi connectivity index (χ0n) is 12.0. The number of hydrogen-bond donors (Lipinski definition) is 1. The van der Waals surface area contributed by atoms with Crippen LogP contribution in [0.4, 0.5) is 0 Å². The molecule has 2 atom stereocenters. The second-order valence-electron chi connectivity index (χ2n) is 6.42. The Morgan fingerprint density at radius 1 is 1.20 bits per heavy atom. The van der Waals surface area contributed by atoms with E-state index >= 15 is 0 Å². The van der Waals surface area contributed by atoms with Gasteiger partial charge in [-0.1, -0.05) is 18.2 Å².